The van der Waals surface area contributed by atoms with Gasteiger partial charge in [-0.05, 0) is 136 Å². The first-order valence-electron chi connectivity index (χ1n) is 33.5. The van der Waals surface area contributed by atoms with Gasteiger partial charge in [0.2, 0.25) is 65.0 Å². The number of hydrogen-bond donors (Lipinski definition) is 25. The Bertz CT molecular complexity index is 2870. The highest BCUT2D eigenvalue weighted by atomic mass is 32.1. The predicted octanol–water partition coefficient (Wildman–Crippen LogP) is -9.00. The topological polar surface area (TPSA) is 720 Å². The Morgan fingerprint density at radius 1 is 0.422 bits per heavy atom. The minimum absolute atomic E-state index is 0.0163. The van der Waals surface area contributed by atoms with Crippen molar-refractivity contribution in [1.29, 1.82) is 0 Å². The fourth-order valence-electron chi connectivity index (χ4n) is 10.1. The molecule has 1 saturated heterocycles. The Labute approximate surface area is 601 Å². The molecule has 1 aliphatic rings. The van der Waals surface area contributed by atoms with Crippen molar-refractivity contribution in [1.82, 2.24) is 58.1 Å². The third kappa shape index (κ3) is 36.5. The van der Waals surface area contributed by atoms with E-state index < -0.39 is 180 Å². The summed E-state index contributed by atoms with van der Waals surface area (Å²) in [7, 11) is 0. The molecule has 0 radical (unpaired) electrons. The maximum atomic E-state index is 14.7. The number of guanidine groups is 3. The number of amides is 11. The van der Waals surface area contributed by atoms with Gasteiger partial charge in [0.15, 0.2) is 17.9 Å². The van der Waals surface area contributed by atoms with Crippen molar-refractivity contribution < 1.29 is 82.4 Å². The zero-order valence-electron chi connectivity index (χ0n) is 57.4. The molecular weight excluding hydrogens is 1380 g/mol. The number of likely N-dealkylation sites (tertiary alicyclic amines) is 1. The number of nitrogens with zero attached hydrogens (tertiary/aromatic N) is 4. The van der Waals surface area contributed by atoms with Crippen LogP contribution < -0.4 is 111 Å². The molecule has 0 bridgehead atoms. The maximum absolute atomic E-state index is 14.7. The van der Waals surface area contributed by atoms with Crippen molar-refractivity contribution in [3.05, 3.63) is 0 Å². The number of carbonyl (C=O) groups excluding carboxylic acids is 11. The van der Waals surface area contributed by atoms with E-state index in [0.29, 0.717) is 32.2 Å². The molecule has 578 valence electrons. The van der Waals surface area contributed by atoms with E-state index in [2.05, 4.69) is 93.4 Å². The van der Waals surface area contributed by atoms with Crippen molar-refractivity contribution in [2.24, 2.45) is 72.3 Å². The molecule has 1 heterocycles. The van der Waals surface area contributed by atoms with Crippen LogP contribution in [-0.2, 0) is 67.1 Å². The van der Waals surface area contributed by atoms with Crippen molar-refractivity contribution in [2.45, 2.75) is 208 Å². The molecule has 0 aromatic heterocycles. The van der Waals surface area contributed by atoms with Crippen molar-refractivity contribution in [2.75, 3.05) is 57.3 Å². The number of aliphatic carboxylic acids is 3. The molecule has 1 aliphatic heterocycles. The number of unbranched alkanes of at least 4 members (excludes halogenated alkanes) is 3. The van der Waals surface area contributed by atoms with Gasteiger partial charge in [-0.15, -0.1) is 0 Å². The zero-order valence-corrected chi connectivity index (χ0v) is 59.2. The van der Waals surface area contributed by atoms with Gasteiger partial charge in [0.25, 0.3) is 0 Å². The summed E-state index contributed by atoms with van der Waals surface area (Å²) in [5.74, 6) is -16.3. The van der Waals surface area contributed by atoms with Gasteiger partial charge in [-0.2, -0.15) is 25.3 Å². The number of carboxylic acid groups (broad SMARTS) is 3. The monoisotopic (exact) mass is 1490 g/mol. The van der Waals surface area contributed by atoms with Crippen LogP contribution in [0.3, 0.4) is 0 Å². The van der Waals surface area contributed by atoms with Crippen molar-refractivity contribution in [3.8, 4) is 0 Å². The molecule has 0 spiro atoms. The van der Waals surface area contributed by atoms with Crippen LogP contribution in [0.25, 0.3) is 0 Å². The highest BCUT2D eigenvalue weighted by Crippen LogP contribution is 2.21. The molecule has 11 amide bonds. The van der Waals surface area contributed by atoms with E-state index in [0.717, 1.165) is 0 Å². The molecule has 12 atom stereocenters. The van der Waals surface area contributed by atoms with Gasteiger partial charge in [0.05, 0.1) is 12.5 Å². The smallest absolute Gasteiger partial charge is 0.326 e. The van der Waals surface area contributed by atoms with E-state index in [-0.39, 0.29) is 146 Å². The summed E-state index contributed by atoms with van der Waals surface area (Å²) < 4.78 is 0. The summed E-state index contributed by atoms with van der Waals surface area (Å²) in [6.45, 7) is 1.79. The summed E-state index contributed by atoms with van der Waals surface area (Å²) in [4.78, 5) is 202. The molecule has 102 heavy (non-hydrogen) atoms. The van der Waals surface area contributed by atoms with Crippen LogP contribution in [-0.4, -0.2) is 251 Å². The molecule has 1 fully saturated rings. The summed E-state index contributed by atoms with van der Waals surface area (Å²) in [5, 5.41) is 53.8. The van der Waals surface area contributed by atoms with Gasteiger partial charge in [-0.1, -0.05) is 6.42 Å². The van der Waals surface area contributed by atoms with Gasteiger partial charge in [0.1, 0.15) is 66.5 Å². The largest absolute Gasteiger partial charge is 0.481 e. The fourth-order valence-corrected chi connectivity index (χ4v) is 10.6. The first-order valence-corrected chi connectivity index (χ1v) is 34.8. The number of aliphatic imine (C=N–C) groups is 3. The first kappa shape index (κ1) is 90.9. The number of nitrogens with one attached hydrogen (secondary N) is 10. The average Bonchev–Trinajstić information content (AvgIpc) is 1.62. The number of hydrogen-bond acceptors (Lipinski definition) is 23. The molecule has 0 unspecified atom stereocenters. The third-order valence-corrected chi connectivity index (χ3v) is 16.4. The molecule has 0 saturated carbocycles. The van der Waals surface area contributed by atoms with Gasteiger partial charge in [-0.3, -0.25) is 77.3 Å². The Balaban J connectivity index is 3.61. The number of carboxylic acids is 3. The fraction of sp³-hybridized carbons (Fsp3) is 0.712. The van der Waals surface area contributed by atoms with Crippen LogP contribution in [0.4, 0.5) is 0 Å². The SMILES string of the molecule is C[C@H](NC(=O)[C@H](CCCN=C(N)N)NC(=O)[C@H](CC(=O)O)NC(=O)[C@H](CCCCN)NC(=O)[C@H](CCCCN)NC(=O)[C@@H]1CCCN1C(=O)[C@H](CCCN=C(N)N)NC(=O)[C@H](CS)NC(=O)[C@H](CCC(=O)O)NC(=O)[C@H](CS)NC(=O)[C@@H](N)CCCCN)C(=O)N[C@@H](CCCN=C(N)N)C(=O)O. The average molecular weight is 1490 g/mol. The number of carbonyl (C=O) groups is 14. The lowest BCUT2D eigenvalue weighted by molar-refractivity contribution is -0.143. The minimum Gasteiger partial charge on any atom is -0.481 e. The molecule has 43 heteroatoms. The normalized spacial score (nSPS) is 15.7. The Hall–Kier alpha value is -9.07. The lowest BCUT2D eigenvalue weighted by atomic mass is 10.0. The number of rotatable bonds is 53. The zero-order chi connectivity index (χ0) is 77.0. The third-order valence-electron chi connectivity index (χ3n) is 15.7. The van der Waals surface area contributed by atoms with Gasteiger partial charge >= 0.3 is 17.9 Å². The molecular formula is C59H108N24O17S2. The van der Waals surface area contributed by atoms with Gasteiger partial charge in [-0.25, -0.2) is 4.79 Å². The van der Waals surface area contributed by atoms with Crippen LogP contribution in [0.1, 0.15) is 135 Å². The first-order chi connectivity index (χ1) is 48.2. The molecule has 41 nitrogen and oxygen atoms in total. The second-order valence-electron chi connectivity index (χ2n) is 24.0. The van der Waals surface area contributed by atoms with Crippen molar-refractivity contribution >= 4 is 126 Å². The Morgan fingerprint density at radius 3 is 1.21 bits per heavy atom. The summed E-state index contributed by atoms with van der Waals surface area (Å²) in [6.07, 6.45) is 0.0443. The number of nitrogens with two attached hydrogens (primary N) is 10. The van der Waals surface area contributed by atoms with Crippen LogP contribution >= 0.6 is 25.3 Å². The summed E-state index contributed by atoms with van der Waals surface area (Å²) >= 11 is 8.41. The van der Waals surface area contributed by atoms with E-state index in [9.17, 15) is 82.4 Å². The lowest BCUT2D eigenvalue weighted by Crippen LogP contribution is -2.61. The van der Waals surface area contributed by atoms with Gasteiger partial charge in [0, 0.05) is 44.1 Å². The van der Waals surface area contributed by atoms with Crippen LogP contribution in [0, 0.1) is 0 Å². The highest BCUT2D eigenvalue weighted by molar-refractivity contribution is 7.80. The van der Waals surface area contributed by atoms with Crippen LogP contribution in [0.5, 0.6) is 0 Å². The van der Waals surface area contributed by atoms with E-state index >= 15 is 0 Å². The number of thiol groups is 2. The summed E-state index contributed by atoms with van der Waals surface area (Å²) in [6, 6.07) is -17.6. The predicted molar refractivity (Wildman–Crippen MR) is 381 cm³/mol. The molecule has 1 rings (SSSR count). The Kier molecular flexibility index (Phi) is 44.8. The second kappa shape index (κ2) is 50.3. The van der Waals surface area contributed by atoms with E-state index in [1.165, 1.54) is 11.8 Å². The Morgan fingerprint density at radius 2 is 0.775 bits per heavy atom. The lowest BCUT2D eigenvalue weighted by Gasteiger charge is -2.31. The van der Waals surface area contributed by atoms with E-state index in [1.54, 1.807) is 0 Å². The maximum Gasteiger partial charge on any atom is 0.326 e. The van der Waals surface area contributed by atoms with Crippen LogP contribution in [0.2, 0.25) is 0 Å². The van der Waals surface area contributed by atoms with Crippen molar-refractivity contribution in [3.63, 3.8) is 0 Å². The highest BCUT2D eigenvalue weighted by Gasteiger charge is 2.41. The molecule has 0 aromatic rings. The van der Waals surface area contributed by atoms with Gasteiger partial charge < -0.3 is 131 Å². The molecule has 0 aromatic carbocycles. The quantitative estimate of drug-likeness (QED) is 0.0116. The second-order valence-corrected chi connectivity index (χ2v) is 24.7. The standard InChI is InChI=1S/C59H108N24O17S2/c1-31(45(88)79-38(56(99)100)17-10-26-72-59(68)69)73-47(90)35(15-8-24-70-57(64)65)75-51(94)39(28-44(86)87)80-49(92)33(13-3-6-22-61)74-48(91)34(14-4-7-23-62)77-54(97)42-18-11-27-83(42)55(98)37(16-9-25-71-58(66)67)78-53(96)41(30-102)82-50(93)36(19-20-43(84)85)76-52(95)40(29-101)81-46(89)32(63)12-2-5-21-60/h31-42,101-102H,2-30,60-63H2,1H3,(H,73,90)(H,74,91)(H,75,94)(H,76,95)(H,77,97)(H,78,96)(H,79,88)(H,80,92)(H,81,89)(H,82,93)(H,84,85)(H,86,87)(H,99,100)(H4,64,65,70)(H4,66,67,71)(H4,68,69,72)/t31-,32-,33-,34-,35-,36-,37-,38-,39-,40-,41-,42-/m0/s1. The van der Waals surface area contributed by atoms with Crippen LogP contribution in [0.15, 0.2) is 15.0 Å². The van der Waals surface area contributed by atoms with E-state index in [4.69, 9.17) is 57.3 Å². The molecule has 0 aliphatic carbocycles. The van der Waals surface area contributed by atoms with E-state index in [1.807, 2.05) is 0 Å². The molecule has 33 N–H and O–H groups in total. The summed E-state index contributed by atoms with van der Waals surface area (Å²) in [5.41, 5.74) is 55.7. The minimum atomic E-state index is -1.94.